The van der Waals surface area contributed by atoms with Gasteiger partial charge in [-0.25, -0.2) is 14.4 Å². The van der Waals surface area contributed by atoms with Gasteiger partial charge < -0.3 is 15.1 Å². The van der Waals surface area contributed by atoms with Crippen molar-refractivity contribution >= 4 is 22.8 Å². The quantitative estimate of drug-likeness (QED) is 0.732. The first-order valence-electron chi connectivity index (χ1n) is 8.51. The third-order valence-corrected chi connectivity index (χ3v) is 4.71. The van der Waals surface area contributed by atoms with Crippen LogP contribution in [-0.4, -0.2) is 21.4 Å². The van der Waals surface area contributed by atoms with E-state index in [0.29, 0.717) is 33.8 Å². The number of fused-ring (bicyclic) bond motifs is 1. The smallest absolute Gasteiger partial charge is 0.255 e. The van der Waals surface area contributed by atoms with Crippen LogP contribution in [0.5, 0.6) is 0 Å². The highest BCUT2D eigenvalue weighted by Gasteiger charge is 2.38. The van der Waals surface area contributed by atoms with Crippen LogP contribution < -0.4 is 10.6 Å². The van der Waals surface area contributed by atoms with Crippen molar-refractivity contribution in [2.24, 2.45) is 0 Å². The maximum atomic E-state index is 13.8. The normalized spacial score (nSPS) is 15.0. The molecule has 6 nitrogen and oxygen atoms in total. The molecule has 0 spiro atoms. The molecule has 4 rings (SSSR count). The van der Waals surface area contributed by atoms with Crippen molar-refractivity contribution in [1.29, 1.82) is 0 Å². The molecule has 1 aliphatic carbocycles. The van der Waals surface area contributed by atoms with Gasteiger partial charge in [0.25, 0.3) is 5.91 Å². The number of carbonyl (C=O) groups excluding carboxylic acids is 1. The zero-order chi connectivity index (χ0) is 18.3. The topological polar surface area (TPSA) is 80.1 Å². The maximum absolute atomic E-state index is 13.8. The Kier molecular flexibility index (Phi) is 3.86. The minimum atomic E-state index is -0.353. The molecular weight excluding hydrogens is 335 g/mol. The second kappa shape index (κ2) is 6.09. The van der Waals surface area contributed by atoms with Gasteiger partial charge in [-0.2, -0.15) is 0 Å². The lowest BCUT2D eigenvalue weighted by molar-refractivity contribution is 0.0950. The van der Waals surface area contributed by atoms with Crippen LogP contribution in [0.25, 0.3) is 11.1 Å². The predicted octanol–water partition coefficient (Wildman–Crippen LogP) is 3.56. The number of rotatable bonds is 5. The molecule has 26 heavy (non-hydrogen) atoms. The number of halogens is 1. The van der Waals surface area contributed by atoms with Crippen LogP contribution in [0.2, 0.25) is 0 Å². The van der Waals surface area contributed by atoms with Crippen molar-refractivity contribution in [3.8, 4) is 0 Å². The average Bonchev–Trinajstić information content (AvgIpc) is 3.22. The van der Waals surface area contributed by atoms with Crippen LogP contribution in [-0.2, 0) is 6.54 Å². The zero-order valence-electron chi connectivity index (χ0n) is 14.6. The number of aromatic nitrogens is 2. The van der Waals surface area contributed by atoms with Crippen molar-refractivity contribution in [1.82, 2.24) is 15.3 Å². The van der Waals surface area contributed by atoms with E-state index in [2.05, 4.69) is 27.5 Å². The third-order valence-electron chi connectivity index (χ3n) is 4.71. The number of aryl methyl sites for hydroxylation is 1. The second-order valence-corrected chi connectivity index (χ2v) is 6.90. The van der Waals surface area contributed by atoms with Gasteiger partial charge in [-0.15, -0.1) is 0 Å². The van der Waals surface area contributed by atoms with Gasteiger partial charge in [0.2, 0.25) is 5.71 Å². The summed E-state index contributed by atoms with van der Waals surface area (Å²) in [5, 5.41) is 6.69. The fourth-order valence-electron chi connectivity index (χ4n) is 2.92. The number of anilines is 1. The highest BCUT2D eigenvalue weighted by molar-refractivity contribution is 6.10. The van der Waals surface area contributed by atoms with Crippen molar-refractivity contribution < 1.29 is 13.6 Å². The summed E-state index contributed by atoms with van der Waals surface area (Å²) in [7, 11) is 0. The average molecular weight is 354 g/mol. The number of amides is 1. The van der Waals surface area contributed by atoms with Crippen molar-refractivity contribution in [3.05, 3.63) is 53.3 Å². The van der Waals surface area contributed by atoms with E-state index >= 15 is 0 Å². The molecule has 0 unspecified atom stereocenters. The van der Waals surface area contributed by atoms with Crippen LogP contribution in [0.1, 0.15) is 41.4 Å². The summed E-state index contributed by atoms with van der Waals surface area (Å²) in [6, 6.07) is 6.35. The van der Waals surface area contributed by atoms with E-state index in [1.165, 1.54) is 12.4 Å². The van der Waals surface area contributed by atoms with Crippen LogP contribution in [0.15, 0.2) is 35.0 Å². The number of hydrogen-bond donors (Lipinski definition) is 2. The number of carbonyl (C=O) groups is 1. The van der Waals surface area contributed by atoms with E-state index in [4.69, 9.17) is 4.42 Å². The molecule has 0 aliphatic heterocycles. The molecule has 0 radical (unpaired) electrons. The molecule has 1 amide bonds. The molecule has 0 bridgehead atoms. The van der Waals surface area contributed by atoms with Crippen LogP contribution in [0, 0.1) is 12.7 Å². The molecular formula is C19H19FN4O2. The molecule has 1 aromatic carbocycles. The van der Waals surface area contributed by atoms with Crippen molar-refractivity contribution in [2.75, 3.05) is 5.32 Å². The first kappa shape index (κ1) is 16.5. The Bertz CT molecular complexity index is 994. The molecule has 0 atom stereocenters. The molecule has 1 aliphatic rings. The standard InChI is InChI=1S/C19H19FN4O2/c1-11-14(17(25)21-9-12-5-3-4-6-13(12)20)15-16(24-19(2)7-8-19)22-10-23-18(15)26-11/h3-6,10H,7-9H2,1-2H3,(H,21,25)(H,22,23,24). The van der Waals surface area contributed by atoms with E-state index in [0.717, 1.165) is 12.8 Å². The number of furan rings is 1. The predicted molar refractivity (Wildman–Crippen MR) is 95.4 cm³/mol. The Morgan fingerprint density at radius 3 is 2.81 bits per heavy atom. The summed E-state index contributed by atoms with van der Waals surface area (Å²) in [5.41, 5.74) is 1.16. The first-order valence-corrected chi connectivity index (χ1v) is 8.51. The van der Waals surface area contributed by atoms with Gasteiger partial charge in [0.05, 0.1) is 10.9 Å². The summed E-state index contributed by atoms with van der Waals surface area (Å²) >= 11 is 0. The van der Waals surface area contributed by atoms with Crippen LogP contribution in [0.4, 0.5) is 10.2 Å². The molecule has 3 aromatic rings. The van der Waals surface area contributed by atoms with E-state index in [1.54, 1.807) is 25.1 Å². The monoisotopic (exact) mass is 354 g/mol. The summed E-state index contributed by atoms with van der Waals surface area (Å²) < 4.78 is 19.4. The Morgan fingerprint density at radius 1 is 1.31 bits per heavy atom. The molecule has 0 saturated heterocycles. The van der Waals surface area contributed by atoms with E-state index in [-0.39, 0.29) is 23.8 Å². The first-order chi connectivity index (χ1) is 12.5. The molecule has 1 fully saturated rings. The molecule has 134 valence electrons. The molecule has 2 N–H and O–H groups in total. The van der Waals surface area contributed by atoms with Crippen LogP contribution >= 0.6 is 0 Å². The van der Waals surface area contributed by atoms with Gasteiger partial charge in [0, 0.05) is 17.6 Å². The SMILES string of the molecule is Cc1oc2ncnc(NC3(C)CC3)c2c1C(=O)NCc1ccccc1F. The third kappa shape index (κ3) is 3.00. The summed E-state index contributed by atoms with van der Waals surface area (Å²) in [6.07, 6.45) is 3.51. The lowest BCUT2D eigenvalue weighted by Crippen LogP contribution is -2.24. The van der Waals surface area contributed by atoms with Crippen molar-refractivity contribution in [3.63, 3.8) is 0 Å². The number of nitrogens with zero attached hydrogens (tertiary/aromatic N) is 2. The van der Waals surface area contributed by atoms with Gasteiger partial charge in [0.1, 0.15) is 23.7 Å². The van der Waals surface area contributed by atoms with Crippen LogP contribution in [0.3, 0.4) is 0 Å². The maximum Gasteiger partial charge on any atom is 0.255 e. The van der Waals surface area contributed by atoms with Gasteiger partial charge in [-0.1, -0.05) is 18.2 Å². The minimum Gasteiger partial charge on any atom is -0.442 e. The van der Waals surface area contributed by atoms with Gasteiger partial charge in [0.15, 0.2) is 0 Å². The van der Waals surface area contributed by atoms with Crippen molar-refractivity contribution in [2.45, 2.75) is 38.8 Å². The van der Waals surface area contributed by atoms with Gasteiger partial charge in [-0.3, -0.25) is 4.79 Å². The molecule has 1 saturated carbocycles. The lowest BCUT2D eigenvalue weighted by Gasteiger charge is -2.13. The van der Waals surface area contributed by atoms with E-state index < -0.39 is 0 Å². The van der Waals surface area contributed by atoms with Gasteiger partial charge >= 0.3 is 0 Å². The Hall–Kier alpha value is -2.96. The molecule has 7 heteroatoms. The number of benzene rings is 1. The highest BCUT2D eigenvalue weighted by atomic mass is 19.1. The highest BCUT2D eigenvalue weighted by Crippen LogP contribution is 2.40. The number of nitrogens with one attached hydrogen (secondary N) is 2. The van der Waals surface area contributed by atoms with E-state index in [1.807, 2.05) is 0 Å². The number of hydrogen-bond acceptors (Lipinski definition) is 5. The van der Waals surface area contributed by atoms with Gasteiger partial charge in [-0.05, 0) is 32.8 Å². The van der Waals surface area contributed by atoms with E-state index in [9.17, 15) is 9.18 Å². The zero-order valence-corrected chi connectivity index (χ0v) is 14.6. The largest absolute Gasteiger partial charge is 0.442 e. The summed E-state index contributed by atoms with van der Waals surface area (Å²) in [6.45, 7) is 3.90. The second-order valence-electron chi connectivity index (χ2n) is 6.90. The minimum absolute atomic E-state index is 0.00658. The summed E-state index contributed by atoms with van der Waals surface area (Å²) in [5.74, 6) is 0.343. The lowest BCUT2D eigenvalue weighted by atomic mass is 10.1. The molecule has 2 aromatic heterocycles. The Labute approximate surface area is 149 Å². The summed E-state index contributed by atoms with van der Waals surface area (Å²) in [4.78, 5) is 21.2. The molecule has 2 heterocycles. The Balaban J connectivity index is 1.65. The fourth-order valence-corrected chi connectivity index (χ4v) is 2.92. The Morgan fingerprint density at radius 2 is 2.08 bits per heavy atom. The fraction of sp³-hybridized carbons (Fsp3) is 0.316.